The Morgan fingerprint density at radius 1 is 1.05 bits per heavy atom. The number of thiocarbonyl (C=S) groups is 1. The largest absolute Gasteiger partial charge is 0.493 e. The van der Waals surface area contributed by atoms with Crippen LogP contribution in [0.15, 0.2) is 72.3 Å². The molecule has 1 aliphatic heterocycles. The van der Waals surface area contributed by atoms with Gasteiger partial charge in [-0.15, -0.1) is 0 Å². The van der Waals surface area contributed by atoms with E-state index in [4.69, 9.17) is 21.7 Å². The second-order valence-corrected chi connectivity index (χ2v) is 8.62. The van der Waals surface area contributed by atoms with E-state index in [-0.39, 0.29) is 23.0 Å². The summed E-state index contributed by atoms with van der Waals surface area (Å²) in [6.45, 7) is 1.71. The van der Waals surface area contributed by atoms with Crippen LogP contribution in [0.25, 0.3) is 6.08 Å². The topological polar surface area (TPSA) is 97.0 Å². The number of nitrogens with one attached hydrogen (secondary N) is 2. The minimum atomic E-state index is -0.613. The molecule has 0 aliphatic carbocycles. The average Bonchev–Trinajstić information content (AvgIpc) is 2.91. The van der Waals surface area contributed by atoms with Crippen LogP contribution >= 0.6 is 12.2 Å². The third-order valence-electron chi connectivity index (χ3n) is 5.69. The van der Waals surface area contributed by atoms with Crippen LogP contribution in [0.1, 0.15) is 18.1 Å². The van der Waals surface area contributed by atoms with Gasteiger partial charge in [0.25, 0.3) is 17.7 Å². The number of ether oxygens (including phenoxy) is 2. The Morgan fingerprint density at radius 2 is 1.76 bits per heavy atom. The molecule has 2 N–H and O–H groups in total. The Hall–Kier alpha value is -4.57. The average molecular weight is 534 g/mol. The number of aryl methyl sites for hydroxylation is 1. The minimum absolute atomic E-state index is 0.00152. The zero-order valence-corrected chi connectivity index (χ0v) is 21.4. The van der Waals surface area contributed by atoms with Gasteiger partial charge in [0, 0.05) is 5.69 Å². The van der Waals surface area contributed by atoms with Crippen LogP contribution in [0, 0.1) is 5.82 Å². The molecule has 0 saturated carbocycles. The maximum Gasteiger partial charge on any atom is 0.270 e. The van der Waals surface area contributed by atoms with Crippen molar-refractivity contribution in [1.82, 2.24) is 5.32 Å². The number of amides is 3. The fraction of sp³-hybridized carbons (Fsp3) is 0.143. The summed E-state index contributed by atoms with van der Waals surface area (Å²) in [5, 5.41) is 5.16. The Morgan fingerprint density at radius 3 is 2.42 bits per heavy atom. The Labute approximate surface area is 224 Å². The molecule has 10 heteroatoms. The first-order valence-corrected chi connectivity index (χ1v) is 12.1. The molecule has 194 valence electrons. The van der Waals surface area contributed by atoms with Crippen LogP contribution in [0.5, 0.6) is 11.5 Å². The number of methoxy groups -OCH3 is 1. The van der Waals surface area contributed by atoms with Gasteiger partial charge in [-0.1, -0.05) is 25.1 Å². The molecule has 0 unspecified atom stereocenters. The van der Waals surface area contributed by atoms with Crippen LogP contribution in [0.2, 0.25) is 0 Å². The van der Waals surface area contributed by atoms with E-state index in [9.17, 15) is 18.8 Å². The summed E-state index contributed by atoms with van der Waals surface area (Å²) in [6, 6.07) is 17.5. The van der Waals surface area contributed by atoms with Crippen molar-refractivity contribution in [2.75, 3.05) is 23.9 Å². The lowest BCUT2D eigenvalue weighted by atomic mass is 10.1. The third-order valence-corrected chi connectivity index (χ3v) is 5.97. The number of rotatable bonds is 8. The van der Waals surface area contributed by atoms with Gasteiger partial charge in [0.05, 0.1) is 12.8 Å². The van der Waals surface area contributed by atoms with Gasteiger partial charge in [-0.25, -0.2) is 4.39 Å². The van der Waals surface area contributed by atoms with E-state index in [1.54, 1.807) is 30.3 Å². The van der Waals surface area contributed by atoms with Gasteiger partial charge >= 0.3 is 0 Å². The number of carbonyl (C=O) groups is 3. The normalized spacial score (nSPS) is 14.3. The second-order valence-electron chi connectivity index (χ2n) is 8.23. The highest BCUT2D eigenvalue weighted by Gasteiger charge is 2.34. The van der Waals surface area contributed by atoms with Gasteiger partial charge in [0.1, 0.15) is 11.4 Å². The lowest BCUT2D eigenvalue weighted by Gasteiger charge is -2.29. The van der Waals surface area contributed by atoms with Gasteiger partial charge in [0.15, 0.2) is 23.2 Å². The molecule has 1 aliphatic rings. The number of anilines is 2. The van der Waals surface area contributed by atoms with E-state index in [1.807, 2.05) is 19.1 Å². The first kappa shape index (κ1) is 26.5. The quantitative estimate of drug-likeness (QED) is 0.255. The third kappa shape index (κ3) is 6.04. The number of hydrogen-bond acceptors (Lipinski definition) is 6. The molecule has 0 atom stereocenters. The summed E-state index contributed by atoms with van der Waals surface area (Å²) >= 11 is 5.26. The van der Waals surface area contributed by atoms with Crippen LogP contribution < -0.4 is 25.0 Å². The fourth-order valence-electron chi connectivity index (χ4n) is 3.71. The second kappa shape index (κ2) is 11.7. The zero-order valence-electron chi connectivity index (χ0n) is 20.6. The molecule has 4 rings (SSSR count). The molecule has 38 heavy (non-hydrogen) atoms. The zero-order chi connectivity index (χ0) is 27.2. The molecule has 8 nitrogen and oxygen atoms in total. The molecular formula is C28H24FN3O5S. The van der Waals surface area contributed by atoms with Gasteiger partial charge in [0.2, 0.25) is 0 Å². The monoisotopic (exact) mass is 533 g/mol. The van der Waals surface area contributed by atoms with Gasteiger partial charge in [-0.3, -0.25) is 24.6 Å². The lowest BCUT2D eigenvalue weighted by molar-refractivity contribution is -0.122. The van der Waals surface area contributed by atoms with Crippen LogP contribution in [-0.2, 0) is 20.8 Å². The maximum absolute atomic E-state index is 13.3. The SMILES string of the molecule is CCc1ccc(N2C(=O)/C(=C/c3ccc(OCC(=O)Nc4ccc(F)cc4)c(OC)c3)C(=O)NC2=S)cc1. The Bertz CT molecular complexity index is 1420. The first-order chi connectivity index (χ1) is 18.3. The fourth-order valence-corrected chi connectivity index (χ4v) is 3.99. The van der Waals surface area contributed by atoms with E-state index in [2.05, 4.69) is 10.6 Å². The van der Waals surface area contributed by atoms with E-state index in [0.29, 0.717) is 22.7 Å². The number of carbonyl (C=O) groups excluding carboxylic acids is 3. The molecule has 1 heterocycles. The summed E-state index contributed by atoms with van der Waals surface area (Å²) < 4.78 is 24.0. The highest BCUT2D eigenvalue weighted by atomic mass is 32.1. The summed E-state index contributed by atoms with van der Waals surface area (Å²) in [5.41, 5.74) is 2.47. The molecule has 1 saturated heterocycles. The van der Waals surface area contributed by atoms with Crippen LogP contribution in [0.3, 0.4) is 0 Å². The van der Waals surface area contributed by atoms with Crippen LogP contribution in [-0.4, -0.2) is 36.6 Å². The molecule has 0 bridgehead atoms. The number of benzene rings is 3. The van der Waals surface area contributed by atoms with Crippen molar-refractivity contribution in [3.05, 3.63) is 89.2 Å². The molecule has 0 spiro atoms. The van der Waals surface area contributed by atoms with Crippen molar-refractivity contribution in [3.8, 4) is 11.5 Å². The summed E-state index contributed by atoms with van der Waals surface area (Å²) in [5.74, 6) is -1.45. The van der Waals surface area contributed by atoms with Crippen molar-refractivity contribution >= 4 is 52.5 Å². The number of hydrogen-bond donors (Lipinski definition) is 2. The van der Waals surface area contributed by atoms with Gasteiger partial charge in [-0.2, -0.15) is 0 Å². The molecule has 0 aromatic heterocycles. The predicted octanol–water partition coefficient (Wildman–Crippen LogP) is 4.25. The van der Waals surface area contributed by atoms with E-state index in [1.165, 1.54) is 42.4 Å². The number of nitrogens with zero attached hydrogens (tertiary/aromatic N) is 1. The molecule has 1 fully saturated rings. The number of halogens is 1. The van der Waals surface area contributed by atoms with E-state index in [0.717, 1.165) is 12.0 Å². The molecular weight excluding hydrogens is 509 g/mol. The highest BCUT2D eigenvalue weighted by molar-refractivity contribution is 7.80. The maximum atomic E-state index is 13.3. The molecule has 3 aromatic rings. The standard InChI is InChI=1S/C28H24FN3O5S/c1-3-17-4-11-21(12-5-17)32-27(35)22(26(34)31-28(32)38)14-18-6-13-23(24(15-18)36-2)37-16-25(33)30-20-9-7-19(29)8-10-20/h4-15H,3,16H2,1-2H3,(H,30,33)(H,31,34,38)/b22-14+. The van der Waals surface area contributed by atoms with E-state index >= 15 is 0 Å². The Kier molecular flexibility index (Phi) is 8.12. The van der Waals surface area contributed by atoms with Gasteiger partial charge in [-0.05, 0) is 84.4 Å². The summed E-state index contributed by atoms with van der Waals surface area (Å²) in [7, 11) is 1.43. The Balaban J connectivity index is 1.50. The first-order valence-electron chi connectivity index (χ1n) is 11.7. The minimum Gasteiger partial charge on any atom is -0.493 e. The van der Waals surface area contributed by atoms with Crippen molar-refractivity contribution in [2.24, 2.45) is 0 Å². The van der Waals surface area contributed by atoms with Crippen molar-refractivity contribution < 1.29 is 28.2 Å². The van der Waals surface area contributed by atoms with Crippen molar-refractivity contribution in [3.63, 3.8) is 0 Å². The molecule has 3 aromatic carbocycles. The van der Waals surface area contributed by atoms with E-state index < -0.39 is 23.5 Å². The van der Waals surface area contributed by atoms with Gasteiger partial charge < -0.3 is 14.8 Å². The smallest absolute Gasteiger partial charge is 0.270 e. The predicted molar refractivity (Wildman–Crippen MR) is 146 cm³/mol. The molecule has 3 amide bonds. The summed E-state index contributed by atoms with van der Waals surface area (Å²) in [6.07, 6.45) is 2.28. The highest BCUT2D eigenvalue weighted by Crippen LogP contribution is 2.30. The van der Waals surface area contributed by atoms with Crippen molar-refractivity contribution in [2.45, 2.75) is 13.3 Å². The van der Waals surface area contributed by atoms with Crippen molar-refractivity contribution in [1.29, 1.82) is 0 Å². The summed E-state index contributed by atoms with van der Waals surface area (Å²) in [4.78, 5) is 39.4. The van der Waals surface area contributed by atoms with Crippen LogP contribution in [0.4, 0.5) is 15.8 Å². The lowest BCUT2D eigenvalue weighted by Crippen LogP contribution is -2.54. The molecule has 0 radical (unpaired) electrons.